The van der Waals surface area contributed by atoms with Crippen LogP contribution >= 0.6 is 0 Å². The first-order valence-corrected chi connectivity index (χ1v) is 6.97. The molecule has 0 aromatic heterocycles. The van der Waals surface area contributed by atoms with Crippen molar-refractivity contribution in [3.8, 4) is 22.3 Å². The van der Waals surface area contributed by atoms with Gasteiger partial charge in [0.15, 0.2) is 0 Å². The molecule has 4 aromatic carbocycles. The first-order chi connectivity index (χ1) is 9.92. The smallest absolute Gasteiger partial charge is 0.00204 e. The number of benzene rings is 4. The Labute approximate surface area is 117 Å². The molecule has 0 saturated carbocycles. The Morgan fingerprint density at radius 2 is 1.30 bits per heavy atom. The van der Waals surface area contributed by atoms with Crippen LogP contribution in [0.3, 0.4) is 0 Å². The molecule has 0 amide bonds. The van der Waals surface area contributed by atoms with Gasteiger partial charge in [0.25, 0.3) is 0 Å². The van der Waals surface area contributed by atoms with Crippen LogP contribution in [0, 0.1) is 0 Å². The van der Waals surface area contributed by atoms with E-state index >= 15 is 0 Å². The third-order valence-electron chi connectivity index (χ3n) is 4.37. The van der Waals surface area contributed by atoms with Crippen molar-refractivity contribution in [1.29, 1.82) is 0 Å². The minimum atomic E-state index is 1.31. The van der Waals surface area contributed by atoms with E-state index in [2.05, 4.69) is 72.8 Å². The predicted molar refractivity (Wildman–Crippen MR) is 85.9 cm³/mol. The minimum Gasteiger partial charge on any atom is -0.0616 e. The fourth-order valence-electron chi connectivity index (χ4n) is 3.48. The molecular formula is C20H12. The van der Waals surface area contributed by atoms with E-state index in [1.54, 1.807) is 0 Å². The molecule has 20 heavy (non-hydrogen) atoms. The third kappa shape index (κ3) is 1.16. The van der Waals surface area contributed by atoms with E-state index < -0.39 is 0 Å². The molecule has 2 bridgehead atoms. The van der Waals surface area contributed by atoms with E-state index in [1.165, 1.54) is 43.8 Å². The molecule has 0 radical (unpaired) electrons. The van der Waals surface area contributed by atoms with Gasteiger partial charge in [-0.05, 0) is 49.9 Å². The van der Waals surface area contributed by atoms with E-state index in [1.807, 2.05) is 0 Å². The summed E-state index contributed by atoms with van der Waals surface area (Å²) in [5.74, 6) is 0. The Morgan fingerprint density at radius 1 is 0.550 bits per heavy atom. The van der Waals surface area contributed by atoms with Crippen molar-refractivity contribution in [2.45, 2.75) is 0 Å². The predicted octanol–water partition coefficient (Wildman–Crippen LogP) is 5.64. The van der Waals surface area contributed by atoms with Gasteiger partial charge in [0.1, 0.15) is 0 Å². The normalized spacial score (nSPS) is 12.0. The van der Waals surface area contributed by atoms with Gasteiger partial charge in [-0.15, -0.1) is 0 Å². The first-order valence-electron chi connectivity index (χ1n) is 6.97. The lowest BCUT2D eigenvalue weighted by Gasteiger charge is -2.12. The molecule has 0 nitrogen and oxygen atoms in total. The topological polar surface area (TPSA) is 0 Å². The summed E-state index contributed by atoms with van der Waals surface area (Å²) in [6, 6.07) is 26.6. The Hall–Kier alpha value is -2.60. The summed E-state index contributed by atoms with van der Waals surface area (Å²) >= 11 is 0. The Balaban J connectivity index is 2.19. The van der Waals surface area contributed by atoms with Crippen LogP contribution in [0.1, 0.15) is 0 Å². The van der Waals surface area contributed by atoms with Gasteiger partial charge in [0, 0.05) is 0 Å². The van der Waals surface area contributed by atoms with Crippen molar-refractivity contribution < 1.29 is 0 Å². The molecular weight excluding hydrogens is 240 g/mol. The zero-order chi connectivity index (χ0) is 13.1. The van der Waals surface area contributed by atoms with Gasteiger partial charge in [0.2, 0.25) is 0 Å². The average Bonchev–Trinajstić information content (AvgIpc) is 2.76. The highest BCUT2D eigenvalue weighted by atomic mass is 14.2. The van der Waals surface area contributed by atoms with E-state index in [0.29, 0.717) is 0 Å². The molecule has 92 valence electrons. The van der Waals surface area contributed by atoms with Crippen molar-refractivity contribution in [3.05, 3.63) is 72.8 Å². The maximum atomic E-state index is 2.31. The van der Waals surface area contributed by atoms with E-state index in [0.717, 1.165) is 0 Å². The molecule has 0 unspecified atom stereocenters. The molecule has 0 heterocycles. The van der Waals surface area contributed by atoms with Crippen molar-refractivity contribution >= 4 is 21.5 Å². The number of hydrogen-bond acceptors (Lipinski definition) is 0. The molecule has 0 saturated heterocycles. The Kier molecular flexibility index (Phi) is 1.78. The summed E-state index contributed by atoms with van der Waals surface area (Å²) in [7, 11) is 0. The summed E-state index contributed by atoms with van der Waals surface area (Å²) in [5.41, 5.74) is 5.37. The number of rotatable bonds is 0. The monoisotopic (exact) mass is 252 g/mol. The lowest BCUT2D eigenvalue weighted by molar-refractivity contribution is 1.70. The van der Waals surface area contributed by atoms with Gasteiger partial charge in [0.05, 0.1) is 0 Å². The zero-order valence-corrected chi connectivity index (χ0v) is 10.9. The van der Waals surface area contributed by atoms with Crippen molar-refractivity contribution in [1.82, 2.24) is 0 Å². The highest BCUT2D eigenvalue weighted by Crippen LogP contribution is 2.44. The van der Waals surface area contributed by atoms with Gasteiger partial charge in [-0.1, -0.05) is 66.7 Å². The largest absolute Gasteiger partial charge is 0.0616 e. The molecule has 2 aliphatic carbocycles. The van der Waals surface area contributed by atoms with Crippen LogP contribution in [0.2, 0.25) is 0 Å². The number of hydrogen-bond donors (Lipinski definition) is 0. The Bertz CT molecular complexity index is 976. The van der Waals surface area contributed by atoms with Gasteiger partial charge in [-0.2, -0.15) is 0 Å². The summed E-state index contributed by atoms with van der Waals surface area (Å²) in [4.78, 5) is 0. The van der Waals surface area contributed by atoms with E-state index in [9.17, 15) is 0 Å². The van der Waals surface area contributed by atoms with Crippen LogP contribution in [0.25, 0.3) is 43.8 Å². The van der Waals surface area contributed by atoms with Crippen molar-refractivity contribution in [2.24, 2.45) is 0 Å². The average molecular weight is 252 g/mol. The fourth-order valence-corrected chi connectivity index (χ4v) is 3.48. The highest BCUT2D eigenvalue weighted by molar-refractivity contribution is 6.18. The molecule has 4 aromatic rings. The number of fused-ring (bicyclic) bond motifs is 3. The SMILES string of the molecule is c1ccc2c3c4c(cccc4cc2c1)-c1ccc-3cc1. The van der Waals surface area contributed by atoms with Crippen LogP contribution in [0.4, 0.5) is 0 Å². The summed E-state index contributed by atoms with van der Waals surface area (Å²) in [6.45, 7) is 0. The molecule has 0 N–H and O–H groups in total. The van der Waals surface area contributed by atoms with Crippen LogP contribution in [0.5, 0.6) is 0 Å². The lowest BCUT2D eigenvalue weighted by Crippen LogP contribution is -1.84. The van der Waals surface area contributed by atoms with Crippen molar-refractivity contribution in [2.75, 3.05) is 0 Å². The van der Waals surface area contributed by atoms with E-state index in [-0.39, 0.29) is 0 Å². The molecule has 0 atom stereocenters. The quantitative estimate of drug-likeness (QED) is 0.313. The van der Waals surface area contributed by atoms with Crippen LogP contribution in [-0.4, -0.2) is 0 Å². The first kappa shape index (κ1) is 10.2. The van der Waals surface area contributed by atoms with Crippen LogP contribution in [-0.2, 0) is 0 Å². The molecule has 0 spiro atoms. The molecule has 0 heteroatoms. The summed E-state index contributed by atoms with van der Waals surface area (Å²) in [6.07, 6.45) is 0. The summed E-state index contributed by atoms with van der Waals surface area (Å²) < 4.78 is 0. The molecule has 2 aliphatic rings. The second kappa shape index (κ2) is 3.49. The Morgan fingerprint density at radius 3 is 2.20 bits per heavy atom. The van der Waals surface area contributed by atoms with Gasteiger partial charge in [-0.3, -0.25) is 0 Å². The molecule has 0 aliphatic heterocycles. The molecule has 6 rings (SSSR count). The van der Waals surface area contributed by atoms with Crippen LogP contribution in [0.15, 0.2) is 72.8 Å². The van der Waals surface area contributed by atoms with Gasteiger partial charge < -0.3 is 0 Å². The second-order valence-corrected chi connectivity index (χ2v) is 5.45. The van der Waals surface area contributed by atoms with E-state index in [4.69, 9.17) is 0 Å². The maximum Gasteiger partial charge on any atom is -0.00204 e. The van der Waals surface area contributed by atoms with Crippen molar-refractivity contribution in [3.63, 3.8) is 0 Å². The zero-order valence-electron chi connectivity index (χ0n) is 10.9. The lowest BCUT2D eigenvalue weighted by atomic mass is 9.91. The second-order valence-electron chi connectivity index (χ2n) is 5.45. The van der Waals surface area contributed by atoms with Gasteiger partial charge >= 0.3 is 0 Å². The summed E-state index contributed by atoms with van der Waals surface area (Å²) in [5, 5.41) is 5.39. The molecule has 0 fully saturated rings. The van der Waals surface area contributed by atoms with Gasteiger partial charge in [-0.25, -0.2) is 0 Å². The maximum absolute atomic E-state index is 2.31. The fraction of sp³-hybridized carbons (Fsp3) is 0. The minimum absolute atomic E-state index is 1.31. The van der Waals surface area contributed by atoms with Crippen LogP contribution < -0.4 is 0 Å². The third-order valence-corrected chi connectivity index (χ3v) is 4.37. The highest BCUT2D eigenvalue weighted by Gasteiger charge is 2.16. The standard InChI is InChI=1S/C20H12/c1-2-6-18-15(4-1)12-16-5-3-7-17-13-8-10-14(11-9-13)19(18)20(16)17/h1-12H.